The third-order valence-corrected chi connectivity index (χ3v) is 4.99. The van der Waals surface area contributed by atoms with E-state index in [0.717, 1.165) is 62.8 Å². The lowest BCUT2D eigenvalue weighted by Crippen LogP contribution is -2.44. The molecule has 1 aromatic heterocycles. The van der Waals surface area contributed by atoms with Gasteiger partial charge in [-0.05, 0) is 50.7 Å². The summed E-state index contributed by atoms with van der Waals surface area (Å²) in [5.74, 6) is 1.01. The minimum absolute atomic E-state index is 0.493. The quantitative estimate of drug-likeness (QED) is 0.261. The fourth-order valence-electron chi connectivity index (χ4n) is 3.23. The van der Waals surface area contributed by atoms with Crippen molar-refractivity contribution in [1.29, 1.82) is 0 Å². The van der Waals surface area contributed by atoms with Crippen molar-refractivity contribution in [3.63, 3.8) is 0 Å². The summed E-state index contributed by atoms with van der Waals surface area (Å²) in [6.07, 6.45) is 1.01. The first-order valence-electron chi connectivity index (χ1n) is 10.6. The van der Waals surface area contributed by atoms with Crippen LogP contribution in [-0.4, -0.2) is 65.3 Å². The average Bonchev–Trinajstić information content (AvgIpc) is 2.76. The lowest BCUT2D eigenvalue weighted by molar-refractivity contribution is 0.0376. The van der Waals surface area contributed by atoms with E-state index in [1.165, 1.54) is 0 Å². The van der Waals surface area contributed by atoms with Crippen LogP contribution in [0.25, 0.3) is 0 Å². The van der Waals surface area contributed by atoms with Crippen molar-refractivity contribution < 1.29 is 4.74 Å². The SMILES string of the molecule is Cc1cc(C)nc(NC(=NCc2ccccc2)NC(=S)NCCCN2CCOCC2)n1. The van der Waals surface area contributed by atoms with E-state index in [0.29, 0.717) is 23.6 Å². The number of nitrogens with one attached hydrogen (secondary N) is 3. The molecule has 2 heterocycles. The molecule has 0 amide bonds. The summed E-state index contributed by atoms with van der Waals surface area (Å²) >= 11 is 5.48. The first-order chi connectivity index (χ1) is 15.1. The lowest BCUT2D eigenvalue weighted by Gasteiger charge is -2.26. The Hall–Kier alpha value is -2.62. The Balaban J connectivity index is 1.55. The molecule has 2 aromatic rings. The third-order valence-electron chi connectivity index (χ3n) is 4.75. The van der Waals surface area contributed by atoms with Gasteiger partial charge in [0.05, 0.1) is 19.8 Å². The maximum Gasteiger partial charge on any atom is 0.229 e. The van der Waals surface area contributed by atoms with Crippen LogP contribution in [0.3, 0.4) is 0 Å². The van der Waals surface area contributed by atoms with Gasteiger partial charge in [-0.1, -0.05) is 30.3 Å². The van der Waals surface area contributed by atoms with Crippen molar-refractivity contribution in [2.75, 3.05) is 44.7 Å². The van der Waals surface area contributed by atoms with Gasteiger partial charge in [0.2, 0.25) is 11.9 Å². The molecule has 0 bridgehead atoms. The summed E-state index contributed by atoms with van der Waals surface area (Å²) in [5, 5.41) is 10.1. The first-order valence-corrected chi connectivity index (χ1v) is 11.0. The van der Waals surface area contributed by atoms with Gasteiger partial charge >= 0.3 is 0 Å². The molecule has 1 aromatic carbocycles. The van der Waals surface area contributed by atoms with E-state index in [1.807, 2.05) is 50.2 Å². The highest BCUT2D eigenvalue weighted by Gasteiger charge is 2.10. The molecule has 3 rings (SSSR count). The van der Waals surface area contributed by atoms with Crippen molar-refractivity contribution in [3.05, 3.63) is 53.3 Å². The number of nitrogens with zero attached hydrogens (tertiary/aromatic N) is 4. The fourth-order valence-corrected chi connectivity index (χ4v) is 3.43. The van der Waals surface area contributed by atoms with Crippen molar-refractivity contribution in [2.24, 2.45) is 4.99 Å². The molecule has 1 fully saturated rings. The number of rotatable bonds is 7. The molecule has 166 valence electrons. The van der Waals surface area contributed by atoms with Gasteiger partial charge in [0.25, 0.3) is 0 Å². The highest BCUT2D eigenvalue weighted by Crippen LogP contribution is 2.05. The van der Waals surface area contributed by atoms with Gasteiger partial charge in [0.15, 0.2) is 5.11 Å². The predicted molar refractivity (Wildman–Crippen MR) is 128 cm³/mol. The number of aromatic nitrogens is 2. The van der Waals surface area contributed by atoms with Crippen LogP contribution in [0.4, 0.5) is 5.95 Å². The zero-order valence-corrected chi connectivity index (χ0v) is 19.0. The van der Waals surface area contributed by atoms with Crippen LogP contribution in [-0.2, 0) is 11.3 Å². The monoisotopic (exact) mass is 441 g/mol. The molecule has 9 heteroatoms. The van der Waals surface area contributed by atoms with E-state index in [1.54, 1.807) is 0 Å². The van der Waals surface area contributed by atoms with E-state index in [-0.39, 0.29) is 0 Å². The van der Waals surface area contributed by atoms with Gasteiger partial charge < -0.3 is 15.4 Å². The molecule has 0 aliphatic carbocycles. The summed E-state index contributed by atoms with van der Waals surface area (Å²) in [6.45, 7) is 9.85. The van der Waals surface area contributed by atoms with Crippen LogP contribution >= 0.6 is 12.2 Å². The van der Waals surface area contributed by atoms with Crippen molar-refractivity contribution in [1.82, 2.24) is 25.5 Å². The minimum Gasteiger partial charge on any atom is -0.379 e. The van der Waals surface area contributed by atoms with E-state index < -0.39 is 0 Å². The van der Waals surface area contributed by atoms with Gasteiger partial charge in [0, 0.05) is 31.0 Å². The summed E-state index contributed by atoms with van der Waals surface area (Å²) in [5.41, 5.74) is 2.89. The molecule has 0 radical (unpaired) electrons. The minimum atomic E-state index is 0.493. The average molecular weight is 442 g/mol. The van der Waals surface area contributed by atoms with Crippen LogP contribution in [0.1, 0.15) is 23.4 Å². The Morgan fingerprint density at radius 2 is 1.84 bits per heavy atom. The van der Waals surface area contributed by atoms with Crippen LogP contribution in [0.15, 0.2) is 41.4 Å². The molecule has 31 heavy (non-hydrogen) atoms. The van der Waals surface area contributed by atoms with E-state index >= 15 is 0 Å². The van der Waals surface area contributed by atoms with Gasteiger partial charge in [-0.15, -0.1) is 0 Å². The van der Waals surface area contributed by atoms with Crippen molar-refractivity contribution >= 4 is 29.2 Å². The molecule has 0 unspecified atom stereocenters. The topological polar surface area (TPSA) is 86.7 Å². The van der Waals surface area contributed by atoms with Gasteiger partial charge in [-0.25, -0.2) is 15.0 Å². The Morgan fingerprint density at radius 3 is 2.55 bits per heavy atom. The zero-order valence-electron chi connectivity index (χ0n) is 18.2. The van der Waals surface area contributed by atoms with Crippen LogP contribution < -0.4 is 16.0 Å². The Labute approximate surface area is 189 Å². The van der Waals surface area contributed by atoms with E-state index in [2.05, 4.69) is 35.8 Å². The molecule has 1 aliphatic rings. The molecule has 0 spiro atoms. The Kier molecular flexibility index (Phi) is 9.14. The summed E-state index contributed by atoms with van der Waals surface area (Å²) in [4.78, 5) is 15.9. The maximum atomic E-state index is 5.48. The number of hydrogen-bond acceptors (Lipinski definition) is 6. The Morgan fingerprint density at radius 1 is 1.13 bits per heavy atom. The molecule has 1 saturated heterocycles. The van der Waals surface area contributed by atoms with E-state index in [9.17, 15) is 0 Å². The molecule has 3 N–H and O–H groups in total. The third kappa shape index (κ3) is 8.56. The van der Waals surface area contributed by atoms with Crippen molar-refractivity contribution in [2.45, 2.75) is 26.8 Å². The van der Waals surface area contributed by atoms with Gasteiger partial charge in [0.1, 0.15) is 0 Å². The standard InChI is InChI=1S/C22H31N7OS/c1-17-15-18(2)26-21(25-17)27-20(24-16-19-7-4-3-5-8-19)28-22(31)23-9-6-10-29-11-13-30-14-12-29/h3-5,7-8,15H,6,9-14,16H2,1-2H3,(H3,23,24,25,26,27,28,31). The Bertz CT molecular complexity index is 849. The first kappa shape index (κ1) is 23.1. The molecule has 8 nitrogen and oxygen atoms in total. The normalized spacial score (nSPS) is 14.8. The maximum absolute atomic E-state index is 5.48. The number of guanidine groups is 1. The summed E-state index contributed by atoms with van der Waals surface area (Å²) in [6, 6.07) is 12.0. The van der Waals surface area contributed by atoms with Crippen LogP contribution in [0.2, 0.25) is 0 Å². The molecule has 0 saturated carbocycles. The number of morpholine rings is 1. The number of anilines is 1. The number of ether oxygens (including phenoxy) is 1. The lowest BCUT2D eigenvalue weighted by atomic mass is 10.2. The number of aliphatic imine (C=N–C) groups is 1. The molecular formula is C22H31N7OS. The van der Waals surface area contributed by atoms with Gasteiger partial charge in [-0.3, -0.25) is 10.2 Å². The smallest absolute Gasteiger partial charge is 0.229 e. The number of thiocarbonyl (C=S) groups is 1. The second-order valence-corrected chi connectivity index (χ2v) is 7.85. The molecule has 1 aliphatic heterocycles. The second-order valence-electron chi connectivity index (χ2n) is 7.44. The highest BCUT2D eigenvalue weighted by atomic mass is 32.1. The largest absolute Gasteiger partial charge is 0.379 e. The molecule has 0 atom stereocenters. The summed E-state index contributed by atoms with van der Waals surface area (Å²) in [7, 11) is 0. The fraction of sp³-hybridized carbons (Fsp3) is 0.455. The highest BCUT2D eigenvalue weighted by molar-refractivity contribution is 7.80. The molecular weight excluding hydrogens is 410 g/mol. The number of aryl methyl sites for hydroxylation is 2. The van der Waals surface area contributed by atoms with E-state index in [4.69, 9.17) is 17.0 Å². The summed E-state index contributed by atoms with van der Waals surface area (Å²) < 4.78 is 5.39. The zero-order chi connectivity index (χ0) is 21.9. The predicted octanol–water partition coefficient (Wildman–Crippen LogP) is 2.25. The number of hydrogen-bond donors (Lipinski definition) is 3. The number of benzene rings is 1. The van der Waals surface area contributed by atoms with Crippen molar-refractivity contribution in [3.8, 4) is 0 Å². The van der Waals surface area contributed by atoms with Gasteiger partial charge in [-0.2, -0.15) is 0 Å². The van der Waals surface area contributed by atoms with Crippen LogP contribution in [0.5, 0.6) is 0 Å². The van der Waals surface area contributed by atoms with Crippen LogP contribution in [0, 0.1) is 13.8 Å². The second kappa shape index (κ2) is 12.3.